The zero-order valence-corrected chi connectivity index (χ0v) is 18.5. The van der Waals surface area contributed by atoms with Gasteiger partial charge in [0.2, 0.25) is 0 Å². The van der Waals surface area contributed by atoms with E-state index in [1.54, 1.807) is 12.3 Å². The summed E-state index contributed by atoms with van der Waals surface area (Å²) >= 11 is 0. The number of allylic oxidation sites excluding steroid dienone is 1. The van der Waals surface area contributed by atoms with Crippen LogP contribution in [-0.2, 0) is 9.53 Å². The second-order valence-corrected chi connectivity index (χ2v) is 8.02. The largest absolute Gasteiger partial charge is 0.460 e. The molecule has 0 radical (unpaired) electrons. The molecule has 0 spiro atoms. The first kappa shape index (κ1) is 21.7. The lowest BCUT2D eigenvalue weighted by Gasteiger charge is -2.11. The Morgan fingerprint density at radius 1 is 1.31 bits per heavy atom. The van der Waals surface area contributed by atoms with Crippen molar-refractivity contribution in [1.29, 1.82) is 0 Å². The first-order valence-corrected chi connectivity index (χ1v) is 10.9. The van der Waals surface area contributed by atoms with E-state index in [1.807, 2.05) is 56.3 Å². The zero-order chi connectivity index (χ0) is 22.5. The molecule has 0 bridgehead atoms. The number of nitrogens with one attached hydrogen (secondary N) is 2. The summed E-state index contributed by atoms with van der Waals surface area (Å²) < 4.78 is 5.54. The number of pyridine rings is 1. The number of hydrogen-bond acceptors (Lipinski definition) is 5. The Morgan fingerprint density at radius 2 is 2.19 bits per heavy atom. The van der Waals surface area contributed by atoms with Crippen LogP contribution >= 0.6 is 0 Å². The molecule has 164 valence electrons. The van der Waals surface area contributed by atoms with Gasteiger partial charge in [0.15, 0.2) is 0 Å². The van der Waals surface area contributed by atoms with Crippen LogP contribution in [0.5, 0.6) is 0 Å². The fraction of sp³-hybridized carbons (Fsp3) is 0.269. The minimum atomic E-state index is -0.320. The van der Waals surface area contributed by atoms with E-state index in [4.69, 9.17) is 4.74 Å². The maximum Gasteiger partial charge on any atom is 0.337 e. The van der Waals surface area contributed by atoms with Crippen LogP contribution in [0.25, 0.3) is 35.2 Å². The van der Waals surface area contributed by atoms with Crippen molar-refractivity contribution in [3.63, 3.8) is 0 Å². The quantitative estimate of drug-likeness (QED) is 0.466. The third-order valence-electron chi connectivity index (χ3n) is 5.68. The number of aromatic nitrogens is 3. The molecule has 0 amide bonds. The van der Waals surface area contributed by atoms with Crippen molar-refractivity contribution in [1.82, 2.24) is 20.5 Å². The van der Waals surface area contributed by atoms with Crippen LogP contribution in [0, 0.1) is 6.92 Å². The molecule has 1 aliphatic rings. The third-order valence-corrected chi connectivity index (χ3v) is 5.68. The van der Waals surface area contributed by atoms with Crippen molar-refractivity contribution in [2.45, 2.75) is 32.7 Å². The lowest BCUT2D eigenvalue weighted by atomic mass is 10.0. The fourth-order valence-electron chi connectivity index (χ4n) is 3.87. The molecule has 1 aromatic carbocycles. The Labute approximate surface area is 187 Å². The number of carbonyl (C=O) groups excluding carboxylic acids is 1. The van der Waals surface area contributed by atoms with Gasteiger partial charge in [-0.05, 0) is 73.5 Å². The molecule has 2 aromatic heterocycles. The summed E-state index contributed by atoms with van der Waals surface area (Å²) in [7, 11) is 0. The van der Waals surface area contributed by atoms with Gasteiger partial charge in [-0.3, -0.25) is 10.1 Å². The van der Waals surface area contributed by atoms with Crippen LogP contribution in [0.1, 0.15) is 25.5 Å². The molecule has 3 aromatic rings. The van der Waals surface area contributed by atoms with E-state index in [9.17, 15) is 4.79 Å². The molecule has 2 N–H and O–H groups in total. The van der Waals surface area contributed by atoms with Gasteiger partial charge in [-0.25, -0.2) is 4.79 Å². The number of carbonyl (C=O) groups is 1. The van der Waals surface area contributed by atoms with Crippen LogP contribution in [-0.4, -0.2) is 40.3 Å². The molecule has 1 atom stereocenters. The molecule has 6 nitrogen and oxygen atoms in total. The van der Waals surface area contributed by atoms with Gasteiger partial charge < -0.3 is 10.1 Å². The minimum absolute atomic E-state index is 0.249. The highest BCUT2D eigenvalue weighted by molar-refractivity contribution is 5.97. The highest BCUT2D eigenvalue weighted by Crippen LogP contribution is 2.28. The van der Waals surface area contributed by atoms with Crippen molar-refractivity contribution < 1.29 is 9.53 Å². The van der Waals surface area contributed by atoms with Crippen molar-refractivity contribution >= 4 is 18.6 Å². The monoisotopic (exact) mass is 428 g/mol. The van der Waals surface area contributed by atoms with Crippen molar-refractivity contribution in [2.24, 2.45) is 0 Å². The predicted octanol–water partition coefficient (Wildman–Crippen LogP) is 2.88. The van der Waals surface area contributed by atoms with Crippen LogP contribution in [0.4, 0.5) is 0 Å². The summed E-state index contributed by atoms with van der Waals surface area (Å²) in [6.07, 6.45) is 7.56. The maximum atomic E-state index is 12.6. The second-order valence-electron chi connectivity index (χ2n) is 8.02. The molecule has 0 unspecified atom stereocenters. The van der Waals surface area contributed by atoms with Gasteiger partial charge >= 0.3 is 5.97 Å². The van der Waals surface area contributed by atoms with Crippen LogP contribution in [0.3, 0.4) is 0 Å². The number of H-pyrrole nitrogens is 1. The molecule has 1 aliphatic heterocycles. The molecular formula is C26H28N4O2. The standard InChI is InChI=1S/C26H28N4O2/c1-4-19(26(31)32-16-22-8-6-12-27-22)13-21-14-20(11-10-17(21)2)23-15-28-30-25(23)24-9-5-7-18(3)29-24/h4-5,7,9-11,13-15,22,27H,2,6,8,12,16H2,1,3H3,(H,28,30)/b19-4+,21-13-/t22-/m0/s1. The number of ether oxygens (including phenoxy) is 1. The lowest BCUT2D eigenvalue weighted by Crippen LogP contribution is -2.29. The van der Waals surface area contributed by atoms with E-state index in [-0.39, 0.29) is 12.0 Å². The number of nitrogens with zero attached hydrogens (tertiary/aromatic N) is 2. The van der Waals surface area contributed by atoms with E-state index in [1.165, 1.54) is 0 Å². The summed E-state index contributed by atoms with van der Waals surface area (Å²) in [6.45, 7) is 9.31. The molecule has 0 aliphatic carbocycles. The third kappa shape index (κ3) is 4.86. The van der Waals surface area contributed by atoms with Gasteiger partial charge in [-0.1, -0.05) is 30.9 Å². The molecule has 1 saturated heterocycles. The Kier molecular flexibility index (Phi) is 6.61. The zero-order valence-electron chi connectivity index (χ0n) is 18.5. The molecule has 4 rings (SSSR count). The first-order valence-electron chi connectivity index (χ1n) is 10.9. The number of hydrogen-bond donors (Lipinski definition) is 2. The Balaban J connectivity index is 1.63. The topological polar surface area (TPSA) is 79.9 Å². The molecule has 3 heterocycles. The van der Waals surface area contributed by atoms with Crippen molar-refractivity contribution in [3.05, 3.63) is 70.4 Å². The maximum absolute atomic E-state index is 12.6. The summed E-state index contributed by atoms with van der Waals surface area (Å²) in [5.41, 5.74) is 5.04. The Morgan fingerprint density at radius 3 is 2.94 bits per heavy atom. The van der Waals surface area contributed by atoms with Gasteiger partial charge in [0.25, 0.3) is 0 Å². The van der Waals surface area contributed by atoms with Crippen LogP contribution in [0.15, 0.2) is 54.2 Å². The number of aromatic amines is 1. The van der Waals surface area contributed by atoms with E-state index < -0.39 is 0 Å². The SMILES string of the molecule is C=c1ccc(-c2cn[nH]c2-c2cccc(C)n2)c/c1=C/C(=C\C)C(=O)OC[C@@H]1CCCN1. The van der Waals surface area contributed by atoms with Crippen molar-refractivity contribution in [3.8, 4) is 22.5 Å². The lowest BCUT2D eigenvalue weighted by molar-refractivity contribution is -0.139. The van der Waals surface area contributed by atoms with Gasteiger partial charge in [0.1, 0.15) is 6.61 Å². The summed E-state index contributed by atoms with van der Waals surface area (Å²) in [5.74, 6) is -0.320. The van der Waals surface area contributed by atoms with Crippen LogP contribution < -0.4 is 15.8 Å². The smallest absolute Gasteiger partial charge is 0.337 e. The number of benzene rings is 1. The number of rotatable bonds is 6. The predicted molar refractivity (Wildman–Crippen MR) is 127 cm³/mol. The van der Waals surface area contributed by atoms with E-state index in [0.717, 1.165) is 58.0 Å². The number of esters is 1. The average molecular weight is 429 g/mol. The van der Waals surface area contributed by atoms with E-state index in [0.29, 0.717) is 12.2 Å². The minimum Gasteiger partial charge on any atom is -0.460 e. The summed E-state index contributed by atoms with van der Waals surface area (Å²) in [4.78, 5) is 17.3. The molecule has 0 saturated carbocycles. The van der Waals surface area contributed by atoms with Gasteiger partial charge in [-0.15, -0.1) is 0 Å². The van der Waals surface area contributed by atoms with Gasteiger partial charge in [0, 0.05) is 17.3 Å². The molecular weight excluding hydrogens is 400 g/mol. The Hall–Kier alpha value is -3.51. The van der Waals surface area contributed by atoms with Crippen molar-refractivity contribution in [2.75, 3.05) is 13.2 Å². The second kappa shape index (κ2) is 9.75. The van der Waals surface area contributed by atoms with Gasteiger partial charge in [-0.2, -0.15) is 5.10 Å². The summed E-state index contributed by atoms with van der Waals surface area (Å²) in [5, 5.41) is 12.3. The molecule has 32 heavy (non-hydrogen) atoms. The number of aryl methyl sites for hydroxylation is 1. The van der Waals surface area contributed by atoms with Crippen LogP contribution in [0.2, 0.25) is 0 Å². The summed E-state index contributed by atoms with van der Waals surface area (Å²) in [6, 6.07) is 12.1. The normalized spacial score (nSPS) is 17.0. The highest BCUT2D eigenvalue weighted by Gasteiger charge is 2.17. The Bertz CT molecular complexity index is 1250. The fourth-order valence-corrected chi connectivity index (χ4v) is 3.87. The van der Waals surface area contributed by atoms with E-state index in [2.05, 4.69) is 27.1 Å². The molecule has 1 fully saturated rings. The van der Waals surface area contributed by atoms with E-state index >= 15 is 0 Å². The highest BCUT2D eigenvalue weighted by atomic mass is 16.5. The average Bonchev–Trinajstić information content (AvgIpc) is 3.49. The first-order chi connectivity index (χ1) is 15.5. The van der Waals surface area contributed by atoms with Gasteiger partial charge in [0.05, 0.1) is 23.2 Å². The molecule has 6 heteroatoms.